The van der Waals surface area contributed by atoms with Crippen LogP contribution in [0.5, 0.6) is 0 Å². The fourth-order valence-corrected chi connectivity index (χ4v) is 0.698. The molecular formula is C9H17NO3. The molecule has 0 aliphatic carbocycles. The van der Waals surface area contributed by atoms with Gasteiger partial charge in [-0.05, 0) is 13.8 Å². The Morgan fingerprint density at radius 1 is 1.62 bits per heavy atom. The number of hydrogen-bond acceptors (Lipinski definition) is 3. The number of hydrogen-bond donors (Lipinski definition) is 1. The first-order valence-corrected chi connectivity index (χ1v) is 4.25. The SMILES string of the molecule is CC(C)OCCN(C)/C=C/C(=O)O. The van der Waals surface area contributed by atoms with Crippen molar-refractivity contribution in [2.24, 2.45) is 0 Å². The minimum Gasteiger partial charge on any atom is -0.478 e. The molecule has 0 aliphatic heterocycles. The smallest absolute Gasteiger partial charge is 0.329 e. The first kappa shape index (κ1) is 12.0. The van der Waals surface area contributed by atoms with Gasteiger partial charge in [-0.1, -0.05) is 0 Å². The van der Waals surface area contributed by atoms with Gasteiger partial charge in [0, 0.05) is 25.9 Å². The van der Waals surface area contributed by atoms with E-state index in [-0.39, 0.29) is 6.10 Å². The molecule has 76 valence electrons. The van der Waals surface area contributed by atoms with Gasteiger partial charge in [0.2, 0.25) is 0 Å². The largest absolute Gasteiger partial charge is 0.478 e. The molecule has 0 spiro atoms. The maximum atomic E-state index is 10.1. The molecule has 0 bridgehead atoms. The maximum absolute atomic E-state index is 10.1. The Balaban J connectivity index is 3.51. The highest BCUT2D eigenvalue weighted by atomic mass is 16.5. The maximum Gasteiger partial charge on any atom is 0.329 e. The molecule has 0 heterocycles. The van der Waals surface area contributed by atoms with Crippen LogP contribution in [0.15, 0.2) is 12.3 Å². The highest BCUT2D eigenvalue weighted by Crippen LogP contribution is 1.90. The van der Waals surface area contributed by atoms with E-state index in [0.717, 1.165) is 6.08 Å². The molecular weight excluding hydrogens is 170 g/mol. The lowest BCUT2D eigenvalue weighted by atomic mass is 10.5. The van der Waals surface area contributed by atoms with Crippen LogP contribution in [-0.4, -0.2) is 42.3 Å². The molecule has 0 aromatic rings. The van der Waals surface area contributed by atoms with E-state index < -0.39 is 5.97 Å². The highest BCUT2D eigenvalue weighted by Gasteiger charge is 1.95. The molecule has 0 aromatic heterocycles. The van der Waals surface area contributed by atoms with Gasteiger partial charge in [-0.3, -0.25) is 0 Å². The number of likely N-dealkylation sites (N-methyl/N-ethyl adjacent to an activating group) is 1. The van der Waals surface area contributed by atoms with Crippen LogP contribution >= 0.6 is 0 Å². The lowest BCUT2D eigenvalue weighted by Crippen LogP contribution is -2.19. The normalized spacial score (nSPS) is 11.1. The van der Waals surface area contributed by atoms with Crippen LogP contribution in [0.1, 0.15) is 13.8 Å². The van der Waals surface area contributed by atoms with Crippen LogP contribution in [0.4, 0.5) is 0 Å². The van der Waals surface area contributed by atoms with Crippen LogP contribution in [0.25, 0.3) is 0 Å². The van der Waals surface area contributed by atoms with E-state index in [9.17, 15) is 4.79 Å². The Morgan fingerprint density at radius 3 is 2.69 bits per heavy atom. The quantitative estimate of drug-likeness (QED) is 0.629. The van der Waals surface area contributed by atoms with E-state index in [1.807, 2.05) is 20.9 Å². The monoisotopic (exact) mass is 187 g/mol. The summed E-state index contributed by atoms with van der Waals surface area (Å²) in [6, 6.07) is 0. The molecule has 13 heavy (non-hydrogen) atoms. The van der Waals surface area contributed by atoms with E-state index in [4.69, 9.17) is 9.84 Å². The van der Waals surface area contributed by atoms with Crippen molar-refractivity contribution in [2.75, 3.05) is 20.2 Å². The number of carboxylic acid groups (broad SMARTS) is 1. The third-order valence-electron chi connectivity index (χ3n) is 1.37. The third-order valence-corrected chi connectivity index (χ3v) is 1.37. The fourth-order valence-electron chi connectivity index (χ4n) is 0.698. The molecule has 0 fully saturated rings. The Labute approximate surface area is 78.8 Å². The number of carboxylic acids is 1. The fraction of sp³-hybridized carbons (Fsp3) is 0.667. The summed E-state index contributed by atoms with van der Waals surface area (Å²) in [7, 11) is 1.81. The minimum absolute atomic E-state index is 0.219. The summed E-state index contributed by atoms with van der Waals surface area (Å²) in [5.74, 6) is -0.934. The van der Waals surface area contributed by atoms with E-state index in [2.05, 4.69) is 0 Å². The molecule has 0 unspecified atom stereocenters. The molecule has 0 aromatic carbocycles. The van der Waals surface area contributed by atoms with Crippen LogP contribution in [0, 0.1) is 0 Å². The second kappa shape index (κ2) is 6.48. The van der Waals surface area contributed by atoms with Gasteiger partial charge in [0.15, 0.2) is 0 Å². The number of nitrogens with zero attached hydrogens (tertiary/aromatic N) is 1. The standard InChI is InChI=1S/C9H17NO3/c1-8(2)13-7-6-10(3)5-4-9(11)12/h4-5,8H,6-7H2,1-3H3,(H,11,12)/b5-4+. The summed E-state index contributed by atoms with van der Waals surface area (Å²) in [5, 5.41) is 8.33. The second-order valence-corrected chi connectivity index (χ2v) is 3.05. The molecule has 1 N–H and O–H groups in total. The summed E-state index contributed by atoms with van der Waals surface area (Å²) in [6.45, 7) is 5.24. The van der Waals surface area contributed by atoms with Gasteiger partial charge in [0.1, 0.15) is 0 Å². The zero-order valence-corrected chi connectivity index (χ0v) is 8.36. The van der Waals surface area contributed by atoms with Crippen LogP contribution < -0.4 is 0 Å². The molecule has 0 aliphatic rings. The highest BCUT2D eigenvalue weighted by molar-refractivity contribution is 5.79. The third kappa shape index (κ3) is 8.88. The van der Waals surface area contributed by atoms with Crippen molar-refractivity contribution in [3.63, 3.8) is 0 Å². The first-order chi connectivity index (χ1) is 6.02. The van der Waals surface area contributed by atoms with Crippen LogP contribution in [0.3, 0.4) is 0 Å². The summed E-state index contributed by atoms with van der Waals surface area (Å²) in [6.07, 6.45) is 2.85. The van der Waals surface area contributed by atoms with Crippen molar-refractivity contribution in [1.29, 1.82) is 0 Å². The number of ether oxygens (including phenoxy) is 1. The van der Waals surface area contributed by atoms with Gasteiger partial charge in [0.05, 0.1) is 12.7 Å². The lowest BCUT2D eigenvalue weighted by molar-refractivity contribution is -0.131. The van der Waals surface area contributed by atoms with E-state index in [1.54, 1.807) is 4.90 Å². The van der Waals surface area contributed by atoms with Crippen molar-refractivity contribution in [1.82, 2.24) is 4.90 Å². The predicted molar refractivity (Wildman–Crippen MR) is 50.5 cm³/mol. The molecule has 0 amide bonds. The molecule has 4 heteroatoms. The van der Waals surface area contributed by atoms with Crippen molar-refractivity contribution >= 4 is 5.97 Å². The van der Waals surface area contributed by atoms with Gasteiger partial charge in [-0.2, -0.15) is 0 Å². The van der Waals surface area contributed by atoms with E-state index >= 15 is 0 Å². The van der Waals surface area contributed by atoms with Crippen LogP contribution in [0.2, 0.25) is 0 Å². The van der Waals surface area contributed by atoms with Crippen molar-refractivity contribution in [3.05, 3.63) is 12.3 Å². The number of rotatable bonds is 6. The summed E-state index contributed by atoms with van der Waals surface area (Å²) >= 11 is 0. The summed E-state index contributed by atoms with van der Waals surface area (Å²) < 4.78 is 5.30. The second-order valence-electron chi connectivity index (χ2n) is 3.05. The predicted octanol–water partition coefficient (Wildman–Crippen LogP) is 0.942. The van der Waals surface area contributed by atoms with Crippen molar-refractivity contribution < 1.29 is 14.6 Å². The summed E-state index contributed by atoms with van der Waals surface area (Å²) in [5.41, 5.74) is 0. The van der Waals surface area contributed by atoms with E-state index in [1.165, 1.54) is 6.20 Å². The average molecular weight is 187 g/mol. The van der Waals surface area contributed by atoms with Crippen molar-refractivity contribution in [2.45, 2.75) is 20.0 Å². The Morgan fingerprint density at radius 2 is 2.23 bits per heavy atom. The Bertz CT molecular complexity index is 178. The summed E-state index contributed by atoms with van der Waals surface area (Å²) in [4.78, 5) is 11.9. The van der Waals surface area contributed by atoms with Gasteiger partial charge < -0.3 is 14.7 Å². The molecule has 0 saturated heterocycles. The zero-order chi connectivity index (χ0) is 10.3. The van der Waals surface area contributed by atoms with Gasteiger partial charge in [-0.25, -0.2) is 4.79 Å². The average Bonchev–Trinajstić information content (AvgIpc) is 2.00. The van der Waals surface area contributed by atoms with Crippen molar-refractivity contribution in [3.8, 4) is 0 Å². The molecule has 0 atom stereocenters. The molecule has 0 radical (unpaired) electrons. The van der Waals surface area contributed by atoms with Gasteiger partial charge in [-0.15, -0.1) is 0 Å². The topological polar surface area (TPSA) is 49.8 Å². The molecule has 0 rings (SSSR count). The number of aliphatic carboxylic acids is 1. The van der Waals surface area contributed by atoms with Crippen LogP contribution in [-0.2, 0) is 9.53 Å². The minimum atomic E-state index is -0.934. The zero-order valence-electron chi connectivity index (χ0n) is 8.36. The molecule has 4 nitrogen and oxygen atoms in total. The Hall–Kier alpha value is -1.03. The molecule has 0 saturated carbocycles. The first-order valence-electron chi connectivity index (χ1n) is 4.25. The van der Waals surface area contributed by atoms with Gasteiger partial charge >= 0.3 is 5.97 Å². The number of carbonyl (C=O) groups is 1. The lowest BCUT2D eigenvalue weighted by Gasteiger charge is -2.14. The van der Waals surface area contributed by atoms with E-state index in [0.29, 0.717) is 13.2 Å². The van der Waals surface area contributed by atoms with Gasteiger partial charge in [0.25, 0.3) is 0 Å². The Kier molecular flexibility index (Phi) is 5.97.